The zero-order valence-electron chi connectivity index (χ0n) is 31.3. The van der Waals surface area contributed by atoms with Gasteiger partial charge in [0.25, 0.3) is 0 Å². The Hall–Kier alpha value is -4.71. The number of hydrogen-bond acceptors (Lipinski definition) is 9. The summed E-state index contributed by atoms with van der Waals surface area (Å²) in [6.07, 6.45) is 7.18. The van der Waals surface area contributed by atoms with Gasteiger partial charge in [-0.2, -0.15) is 5.10 Å². The van der Waals surface area contributed by atoms with Gasteiger partial charge in [0.1, 0.15) is 12.1 Å². The fraction of sp³-hybridized carbons (Fsp3) is 0.525. The number of benzene rings is 2. The SMILES string of the molecule is CCOc1cc2c(cc1OCC)[C@]1(CC[C@@H](C(=O)N3CCN(c4ncnc5c4cnn5Cc4cccc(C)c4)CC3)CC1)N(C(=O)CN(C)C)CC2. The van der Waals surface area contributed by atoms with E-state index in [1.807, 2.05) is 48.6 Å². The molecule has 2 aromatic carbocycles. The second kappa shape index (κ2) is 15.1. The van der Waals surface area contributed by atoms with Crippen LogP contribution in [0.15, 0.2) is 48.9 Å². The van der Waals surface area contributed by atoms with Crippen LogP contribution >= 0.6 is 0 Å². The van der Waals surface area contributed by atoms with Gasteiger partial charge in [0.05, 0.1) is 43.4 Å². The molecule has 1 spiro atoms. The molecular weight excluding hydrogens is 656 g/mol. The van der Waals surface area contributed by atoms with E-state index in [0.29, 0.717) is 59.0 Å². The maximum Gasteiger partial charge on any atom is 0.237 e. The summed E-state index contributed by atoms with van der Waals surface area (Å²) in [5.74, 6) is 2.62. The van der Waals surface area contributed by atoms with E-state index in [4.69, 9.17) is 9.47 Å². The van der Waals surface area contributed by atoms with Gasteiger partial charge in [-0.25, -0.2) is 14.6 Å². The Morgan fingerprint density at radius 1 is 0.942 bits per heavy atom. The highest BCUT2D eigenvalue weighted by molar-refractivity contribution is 5.87. The lowest BCUT2D eigenvalue weighted by molar-refractivity contribution is -0.144. The molecule has 3 aliphatic rings. The molecule has 0 unspecified atom stereocenters. The van der Waals surface area contributed by atoms with Gasteiger partial charge in [-0.3, -0.25) is 9.59 Å². The van der Waals surface area contributed by atoms with Crippen molar-refractivity contribution in [3.8, 4) is 11.5 Å². The van der Waals surface area contributed by atoms with Crippen molar-refractivity contribution in [3.05, 3.63) is 71.2 Å². The second-order valence-electron chi connectivity index (χ2n) is 14.7. The molecule has 0 atom stereocenters. The van der Waals surface area contributed by atoms with E-state index in [-0.39, 0.29) is 17.7 Å². The molecule has 52 heavy (non-hydrogen) atoms. The Bertz CT molecular complexity index is 1910. The topological polar surface area (TPSA) is 109 Å². The van der Waals surface area contributed by atoms with Crippen LogP contribution in [0, 0.1) is 12.8 Å². The van der Waals surface area contributed by atoms with E-state index in [1.54, 1.807) is 6.33 Å². The first-order chi connectivity index (χ1) is 25.2. The van der Waals surface area contributed by atoms with Crippen molar-refractivity contribution < 1.29 is 19.1 Å². The number of nitrogens with zero attached hydrogens (tertiary/aromatic N) is 8. The number of aryl methyl sites for hydroxylation is 1. The van der Waals surface area contributed by atoms with Gasteiger partial charge in [0.15, 0.2) is 17.1 Å². The Labute approximate surface area is 306 Å². The van der Waals surface area contributed by atoms with Crippen LogP contribution in [0.1, 0.15) is 61.8 Å². The first-order valence-corrected chi connectivity index (χ1v) is 18.8. The molecule has 2 aliphatic heterocycles. The molecule has 12 heteroatoms. The molecule has 1 aliphatic carbocycles. The minimum atomic E-state index is -0.477. The Balaban J connectivity index is 1.05. The van der Waals surface area contributed by atoms with Crippen LogP contribution in [0.5, 0.6) is 11.5 Å². The molecule has 1 saturated heterocycles. The molecule has 4 aromatic rings. The number of hydrogen-bond donors (Lipinski definition) is 0. The Morgan fingerprint density at radius 2 is 1.67 bits per heavy atom. The number of carbonyl (C=O) groups is 2. The summed E-state index contributed by atoms with van der Waals surface area (Å²) in [7, 11) is 3.87. The van der Waals surface area contributed by atoms with Crippen LogP contribution in [-0.2, 0) is 28.1 Å². The molecule has 0 bridgehead atoms. The molecule has 276 valence electrons. The van der Waals surface area contributed by atoms with E-state index in [2.05, 4.69) is 68.2 Å². The number of piperazine rings is 1. The lowest BCUT2D eigenvalue weighted by atomic mass is 9.68. The molecule has 2 fully saturated rings. The number of amides is 2. The fourth-order valence-electron chi connectivity index (χ4n) is 8.60. The van der Waals surface area contributed by atoms with E-state index in [0.717, 1.165) is 66.0 Å². The van der Waals surface area contributed by atoms with Crippen molar-refractivity contribution in [2.24, 2.45) is 5.92 Å². The lowest BCUT2D eigenvalue weighted by Gasteiger charge is -2.52. The van der Waals surface area contributed by atoms with Crippen LogP contribution in [0.25, 0.3) is 11.0 Å². The van der Waals surface area contributed by atoms with Gasteiger partial charge in [-0.1, -0.05) is 29.8 Å². The first kappa shape index (κ1) is 35.7. The summed E-state index contributed by atoms with van der Waals surface area (Å²) in [4.78, 5) is 45.5. The van der Waals surface area contributed by atoms with Gasteiger partial charge in [0, 0.05) is 38.6 Å². The summed E-state index contributed by atoms with van der Waals surface area (Å²) in [6.45, 7) is 11.4. The number of ether oxygens (including phenoxy) is 2. The summed E-state index contributed by atoms with van der Waals surface area (Å²) >= 11 is 0. The van der Waals surface area contributed by atoms with Crippen molar-refractivity contribution in [2.45, 2.75) is 65.0 Å². The van der Waals surface area contributed by atoms with E-state index in [1.165, 1.54) is 16.7 Å². The van der Waals surface area contributed by atoms with Crippen molar-refractivity contribution in [2.75, 3.05) is 71.5 Å². The number of aromatic nitrogens is 4. The summed E-state index contributed by atoms with van der Waals surface area (Å²) in [6, 6.07) is 12.7. The lowest BCUT2D eigenvalue weighted by Crippen LogP contribution is -2.57. The molecule has 2 amide bonds. The number of carbonyl (C=O) groups excluding carboxylic acids is 2. The van der Waals surface area contributed by atoms with Gasteiger partial charge in [0.2, 0.25) is 11.8 Å². The Morgan fingerprint density at radius 3 is 2.37 bits per heavy atom. The van der Waals surface area contributed by atoms with Gasteiger partial charge in [-0.05, 0) is 95.8 Å². The monoisotopic (exact) mass is 708 g/mol. The third kappa shape index (κ3) is 6.92. The minimum absolute atomic E-state index is 0.0759. The first-order valence-electron chi connectivity index (χ1n) is 18.8. The van der Waals surface area contributed by atoms with Crippen LogP contribution in [0.3, 0.4) is 0 Å². The Kier molecular flexibility index (Phi) is 10.4. The van der Waals surface area contributed by atoms with E-state index in [9.17, 15) is 9.59 Å². The van der Waals surface area contributed by atoms with Crippen LogP contribution in [-0.4, -0.2) is 113 Å². The molecule has 4 heterocycles. The maximum atomic E-state index is 14.1. The van der Waals surface area contributed by atoms with E-state index >= 15 is 0 Å². The van der Waals surface area contributed by atoms with Crippen LogP contribution in [0.2, 0.25) is 0 Å². The number of rotatable bonds is 10. The molecule has 0 N–H and O–H groups in total. The van der Waals surface area contributed by atoms with Crippen LogP contribution < -0.4 is 14.4 Å². The second-order valence-corrected chi connectivity index (χ2v) is 14.7. The average molecular weight is 709 g/mol. The third-order valence-corrected chi connectivity index (χ3v) is 11.0. The number of fused-ring (bicyclic) bond motifs is 3. The number of anilines is 1. The predicted octanol–water partition coefficient (Wildman–Crippen LogP) is 4.66. The minimum Gasteiger partial charge on any atom is -0.490 e. The standard InChI is InChI=1S/C40H52N8O4/c1-6-51-34-22-31-13-16-47(36(49)26-44(4)5)40(33(31)23-35(34)52-7-2)14-11-30(12-15-40)39(50)46-19-17-45(18-20-46)37-32-24-43-48(38(32)42-27-41-37)25-29-10-8-9-28(3)21-29/h8-10,21-24,27,30H,6-7,11-20,25-26H2,1-5H3/t30-,40-. The zero-order chi connectivity index (χ0) is 36.4. The fourth-order valence-corrected chi connectivity index (χ4v) is 8.60. The highest BCUT2D eigenvalue weighted by Gasteiger charge is 2.49. The predicted molar refractivity (Wildman–Crippen MR) is 201 cm³/mol. The quantitative estimate of drug-likeness (QED) is 0.233. The normalized spacial score (nSPS) is 20.4. The molecule has 2 aromatic heterocycles. The highest BCUT2D eigenvalue weighted by Crippen LogP contribution is 2.50. The van der Waals surface area contributed by atoms with Gasteiger partial charge < -0.3 is 29.1 Å². The van der Waals surface area contributed by atoms with Crippen molar-refractivity contribution >= 4 is 28.7 Å². The molecule has 12 nitrogen and oxygen atoms in total. The zero-order valence-corrected chi connectivity index (χ0v) is 31.3. The van der Waals surface area contributed by atoms with Crippen molar-refractivity contribution in [3.63, 3.8) is 0 Å². The van der Waals surface area contributed by atoms with Crippen molar-refractivity contribution in [1.29, 1.82) is 0 Å². The molecule has 0 radical (unpaired) electrons. The maximum absolute atomic E-state index is 14.1. The molecular formula is C40H52N8O4. The largest absolute Gasteiger partial charge is 0.490 e. The summed E-state index contributed by atoms with van der Waals surface area (Å²) in [5, 5.41) is 5.60. The smallest absolute Gasteiger partial charge is 0.237 e. The van der Waals surface area contributed by atoms with Gasteiger partial charge in [-0.15, -0.1) is 0 Å². The number of likely N-dealkylation sites (N-methyl/N-ethyl adjacent to an activating group) is 1. The van der Waals surface area contributed by atoms with Gasteiger partial charge >= 0.3 is 0 Å². The molecule has 1 saturated carbocycles. The summed E-state index contributed by atoms with van der Waals surface area (Å²) < 4.78 is 14.0. The average Bonchev–Trinajstić information content (AvgIpc) is 3.55. The van der Waals surface area contributed by atoms with E-state index < -0.39 is 5.54 Å². The highest BCUT2D eigenvalue weighted by atomic mass is 16.5. The summed E-state index contributed by atoms with van der Waals surface area (Å²) in [5.41, 5.74) is 5.09. The van der Waals surface area contributed by atoms with Crippen molar-refractivity contribution in [1.82, 2.24) is 34.4 Å². The molecule has 7 rings (SSSR count). The third-order valence-electron chi connectivity index (χ3n) is 11.0. The van der Waals surface area contributed by atoms with Crippen LogP contribution in [0.4, 0.5) is 5.82 Å².